The van der Waals surface area contributed by atoms with E-state index in [4.69, 9.17) is 0 Å². The molecule has 84 valence electrons. The fourth-order valence-electron chi connectivity index (χ4n) is 2.19. The second kappa shape index (κ2) is 4.75. The van der Waals surface area contributed by atoms with Crippen LogP contribution in [0.3, 0.4) is 0 Å². The third-order valence-corrected chi connectivity index (χ3v) is 2.94. The quantitative estimate of drug-likeness (QED) is 0.816. The van der Waals surface area contributed by atoms with Crippen LogP contribution in [0.25, 0.3) is 0 Å². The third-order valence-electron chi connectivity index (χ3n) is 2.94. The predicted molar refractivity (Wildman–Crippen MR) is 59.7 cm³/mol. The fourth-order valence-corrected chi connectivity index (χ4v) is 2.19. The largest absolute Gasteiger partial charge is 0.317 e. The third kappa shape index (κ3) is 2.56. The highest BCUT2D eigenvalue weighted by Gasteiger charge is 2.19. The van der Waals surface area contributed by atoms with Gasteiger partial charge in [0, 0.05) is 12.5 Å². The van der Waals surface area contributed by atoms with Gasteiger partial charge in [-0.25, -0.2) is 4.68 Å². The van der Waals surface area contributed by atoms with Crippen molar-refractivity contribution in [2.45, 2.75) is 39.2 Å². The first kappa shape index (κ1) is 10.6. The summed E-state index contributed by atoms with van der Waals surface area (Å²) in [5, 5.41) is 11.6. The Morgan fingerprint density at radius 2 is 2.20 bits per heavy atom. The molecule has 0 aromatic carbocycles. The number of hydrogen-bond donors (Lipinski definition) is 1. The first-order valence-electron chi connectivity index (χ1n) is 5.86. The summed E-state index contributed by atoms with van der Waals surface area (Å²) in [6, 6.07) is 0. The zero-order valence-electron chi connectivity index (χ0n) is 9.61. The molecule has 1 aromatic rings. The fraction of sp³-hybridized carbons (Fsp3) is 0.818. The van der Waals surface area contributed by atoms with Crippen molar-refractivity contribution >= 4 is 0 Å². The Morgan fingerprint density at radius 1 is 1.47 bits per heavy atom. The topological polar surface area (TPSA) is 42.7 Å². The summed E-state index contributed by atoms with van der Waals surface area (Å²) in [7, 11) is 0. The lowest BCUT2D eigenvalue weighted by Gasteiger charge is -2.23. The molecule has 15 heavy (non-hydrogen) atoms. The maximum Gasteiger partial charge on any atom is 0.0728 e. The van der Waals surface area contributed by atoms with E-state index in [9.17, 15) is 0 Å². The van der Waals surface area contributed by atoms with Gasteiger partial charge in [-0.1, -0.05) is 19.1 Å². The number of piperidine rings is 1. The van der Waals surface area contributed by atoms with Crippen molar-refractivity contribution in [1.82, 2.24) is 20.3 Å². The molecule has 1 N–H and O–H groups in total. The molecule has 1 aromatic heterocycles. The van der Waals surface area contributed by atoms with Gasteiger partial charge in [0.1, 0.15) is 0 Å². The lowest BCUT2D eigenvalue weighted by Crippen LogP contribution is -2.28. The number of rotatable bonds is 3. The van der Waals surface area contributed by atoms with E-state index >= 15 is 0 Å². The van der Waals surface area contributed by atoms with Crippen LogP contribution in [0.1, 0.15) is 38.3 Å². The van der Waals surface area contributed by atoms with Gasteiger partial charge in [0.2, 0.25) is 0 Å². The summed E-state index contributed by atoms with van der Waals surface area (Å²) >= 11 is 0. The summed E-state index contributed by atoms with van der Waals surface area (Å²) in [4.78, 5) is 0. The Hall–Kier alpha value is -0.900. The summed E-state index contributed by atoms with van der Waals surface area (Å²) in [5.74, 6) is 1.28. The van der Waals surface area contributed by atoms with Crippen LogP contribution in [0, 0.1) is 5.92 Å². The second-order valence-electron chi connectivity index (χ2n) is 4.76. The molecule has 4 nitrogen and oxygen atoms in total. The Morgan fingerprint density at radius 3 is 2.87 bits per heavy atom. The van der Waals surface area contributed by atoms with Crippen LogP contribution in [-0.4, -0.2) is 28.1 Å². The summed E-state index contributed by atoms with van der Waals surface area (Å²) in [6.07, 6.45) is 4.37. The average molecular weight is 208 g/mol. The smallest absolute Gasteiger partial charge is 0.0728 e. The van der Waals surface area contributed by atoms with E-state index in [1.165, 1.54) is 18.5 Å². The highest BCUT2D eigenvalue weighted by Crippen LogP contribution is 2.24. The highest BCUT2D eigenvalue weighted by molar-refractivity contribution is 5.05. The van der Waals surface area contributed by atoms with E-state index in [0.29, 0.717) is 11.8 Å². The molecule has 2 rings (SSSR count). The van der Waals surface area contributed by atoms with Gasteiger partial charge < -0.3 is 5.32 Å². The van der Waals surface area contributed by atoms with Gasteiger partial charge in [-0.2, -0.15) is 0 Å². The normalized spacial score (nSPS) is 18.6. The van der Waals surface area contributed by atoms with Gasteiger partial charge in [-0.15, -0.1) is 5.10 Å². The summed E-state index contributed by atoms with van der Waals surface area (Å²) in [6.45, 7) is 7.66. The molecular formula is C11H20N4. The van der Waals surface area contributed by atoms with Crippen LogP contribution < -0.4 is 5.32 Å². The van der Waals surface area contributed by atoms with Gasteiger partial charge in [0.25, 0.3) is 0 Å². The monoisotopic (exact) mass is 208 g/mol. The molecule has 2 heterocycles. The van der Waals surface area contributed by atoms with E-state index in [2.05, 4.69) is 34.2 Å². The molecule has 0 amide bonds. The number of nitrogens with zero attached hydrogens (tertiary/aromatic N) is 3. The van der Waals surface area contributed by atoms with Gasteiger partial charge in [-0.3, -0.25) is 0 Å². The van der Waals surface area contributed by atoms with E-state index in [1.54, 1.807) is 0 Å². The first-order chi connectivity index (χ1) is 7.27. The van der Waals surface area contributed by atoms with Gasteiger partial charge in [0.05, 0.1) is 11.9 Å². The minimum Gasteiger partial charge on any atom is -0.317 e. The van der Waals surface area contributed by atoms with Crippen LogP contribution in [0.5, 0.6) is 0 Å². The lowest BCUT2D eigenvalue weighted by atomic mass is 9.95. The van der Waals surface area contributed by atoms with Crippen LogP contribution in [-0.2, 0) is 6.54 Å². The van der Waals surface area contributed by atoms with Crippen LogP contribution >= 0.6 is 0 Å². The number of nitrogens with one attached hydrogen (secondary N) is 1. The summed E-state index contributed by atoms with van der Waals surface area (Å²) in [5.41, 5.74) is 1.32. The molecule has 0 atom stereocenters. The Kier molecular flexibility index (Phi) is 3.36. The average Bonchev–Trinajstić information content (AvgIpc) is 2.66. The van der Waals surface area contributed by atoms with Crippen molar-refractivity contribution in [1.29, 1.82) is 0 Å². The maximum atomic E-state index is 4.18. The van der Waals surface area contributed by atoms with Crippen molar-refractivity contribution in [2.24, 2.45) is 5.92 Å². The van der Waals surface area contributed by atoms with E-state index < -0.39 is 0 Å². The maximum absolute atomic E-state index is 4.18. The predicted octanol–water partition coefficient (Wildman–Crippen LogP) is 1.40. The summed E-state index contributed by atoms with van der Waals surface area (Å²) < 4.78 is 2.08. The standard InChI is InChI=1S/C11H20N4/c1-9(2)8-15-11(7-13-14-15)10-3-5-12-6-4-10/h7,9-10,12H,3-6,8H2,1-2H3. The van der Waals surface area contributed by atoms with E-state index in [0.717, 1.165) is 19.6 Å². The molecule has 0 spiro atoms. The molecule has 0 aliphatic carbocycles. The molecule has 0 unspecified atom stereocenters. The zero-order valence-corrected chi connectivity index (χ0v) is 9.61. The van der Waals surface area contributed by atoms with Gasteiger partial charge in [0.15, 0.2) is 0 Å². The molecular weight excluding hydrogens is 188 g/mol. The molecule has 0 saturated carbocycles. The van der Waals surface area contributed by atoms with Crippen molar-refractivity contribution in [2.75, 3.05) is 13.1 Å². The van der Waals surface area contributed by atoms with Gasteiger partial charge >= 0.3 is 0 Å². The number of aromatic nitrogens is 3. The SMILES string of the molecule is CC(C)Cn1nncc1C1CCNCC1. The molecule has 0 radical (unpaired) electrons. The Labute approximate surface area is 91.1 Å². The van der Waals surface area contributed by atoms with Crippen molar-refractivity contribution in [3.8, 4) is 0 Å². The molecule has 1 aliphatic heterocycles. The van der Waals surface area contributed by atoms with Crippen LogP contribution in [0.2, 0.25) is 0 Å². The Bertz CT molecular complexity index is 299. The molecule has 1 saturated heterocycles. The minimum atomic E-state index is 0.632. The van der Waals surface area contributed by atoms with E-state index in [-0.39, 0.29) is 0 Å². The second-order valence-corrected chi connectivity index (χ2v) is 4.76. The van der Waals surface area contributed by atoms with Crippen LogP contribution in [0.15, 0.2) is 6.20 Å². The molecule has 0 bridgehead atoms. The zero-order chi connectivity index (χ0) is 10.7. The van der Waals surface area contributed by atoms with Crippen molar-refractivity contribution in [3.05, 3.63) is 11.9 Å². The number of hydrogen-bond acceptors (Lipinski definition) is 3. The first-order valence-corrected chi connectivity index (χ1v) is 5.86. The lowest BCUT2D eigenvalue weighted by molar-refractivity contribution is 0.403. The molecule has 1 fully saturated rings. The van der Waals surface area contributed by atoms with Gasteiger partial charge in [-0.05, 0) is 31.8 Å². The Balaban J connectivity index is 2.09. The van der Waals surface area contributed by atoms with Crippen molar-refractivity contribution < 1.29 is 0 Å². The highest BCUT2D eigenvalue weighted by atomic mass is 15.4. The van der Waals surface area contributed by atoms with E-state index in [1.807, 2.05) is 6.20 Å². The van der Waals surface area contributed by atoms with Crippen LogP contribution in [0.4, 0.5) is 0 Å². The molecule has 1 aliphatic rings. The van der Waals surface area contributed by atoms with Crippen molar-refractivity contribution in [3.63, 3.8) is 0 Å². The minimum absolute atomic E-state index is 0.632. The molecule has 4 heteroatoms.